The Kier molecular flexibility index (Phi) is 3.43. The lowest BCUT2D eigenvalue weighted by atomic mass is 9.63. The molecule has 6 rings (SSSR count). The summed E-state index contributed by atoms with van der Waals surface area (Å²) in [5, 5.41) is 0. The summed E-state index contributed by atoms with van der Waals surface area (Å²) in [4.78, 5) is 27.5. The molecule has 1 heterocycles. The number of hydrogen-bond acceptors (Lipinski definition) is 4. The first-order valence-corrected chi connectivity index (χ1v) is 9.38. The molecule has 0 spiro atoms. The number of nitrogens with zero attached hydrogens (tertiary/aromatic N) is 1. The van der Waals surface area contributed by atoms with Gasteiger partial charge in [0.05, 0.1) is 26.1 Å². The van der Waals surface area contributed by atoms with Crippen LogP contribution in [0.2, 0.25) is 0 Å². The van der Waals surface area contributed by atoms with E-state index >= 15 is 0 Å². The molecule has 1 saturated heterocycles. The topological polar surface area (TPSA) is 55.8 Å². The predicted molar refractivity (Wildman–Crippen MR) is 94.7 cm³/mol. The molecule has 4 aliphatic carbocycles. The van der Waals surface area contributed by atoms with Gasteiger partial charge in [0.25, 0.3) is 0 Å². The number of imide groups is 1. The van der Waals surface area contributed by atoms with Crippen LogP contribution in [0.1, 0.15) is 12.0 Å². The molecular formula is C21H23NO4. The van der Waals surface area contributed by atoms with Crippen LogP contribution in [0.25, 0.3) is 0 Å². The number of methoxy groups -OCH3 is 2. The number of hydrogen-bond donors (Lipinski definition) is 0. The van der Waals surface area contributed by atoms with E-state index in [2.05, 4.69) is 12.2 Å². The van der Waals surface area contributed by atoms with Gasteiger partial charge in [-0.2, -0.15) is 0 Å². The summed E-state index contributed by atoms with van der Waals surface area (Å²) in [5.41, 5.74) is 1.03. The molecule has 26 heavy (non-hydrogen) atoms. The van der Waals surface area contributed by atoms with Crippen LogP contribution in [0, 0.1) is 35.5 Å². The van der Waals surface area contributed by atoms with Crippen LogP contribution in [-0.2, 0) is 16.0 Å². The Bertz CT molecular complexity index is 780. The molecule has 1 aliphatic heterocycles. The molecule has 1 aromatic carbocycles. The molecule has 0 radical (unpaired) electrons. The SMILES string of the molecule is COc1ccc(CCN2C(=O)[C@H]3[C@@H]4C=C[C@@H]([C@H]5C[C@H]45)[C@@H]3C2=O)cc1OC. The second-order valence-corrected chi connectivity index (χ2v) is 7.92. The quantitative estimate of drug-likeness (QED) is 0.602. The number of benzene rings is 1. The van der Waals surface area contributed by atoms with Gasteiger partial charge in [-0.3, -0.25) is 14.5 Å². The van der Waals surface area contributed by atoms with Gasteiger partial charge in [-0.15, -0.1) is 0 Å². The predicted octanol–water partition coefficient (Wildman–Crippen LogP) is 2.30. The highest BCUT2D eigenvalue weighted by Crippen LogP contribution is 2.65. The average Bonchev–Trinajstić information content (AvgIpc) is 3.45. The van der Waals surface area contributed by atoms with Crippen molar-refractivity contribution in [2.75, 3.05) is 20.8 Å². The molecule has 2 saturated carbocycles. The second kappa shape index (κ2) is 5.60. The lowest BCUT2D eigenvalue weighted by Crippen LogP contribution is -2.40. The first kappa shape index (κ1) is 15.9. The van der Waals surface area contributed by atoms with E-state index in [9.17, 15) is 9.59 Å². The molecule has 5 aliphatic rings. The highest BCUT2D eigenvalue weighted by atomic mass is 16.5. The van der Waals surface area contributed by atoms with E-state index in [0.29, 0.717) is 36.3 Å². The fourth-order valence-electron chi connectivity index (χ4n) is 5.52. The Balaban J connectivity index is 1.33. The summed E-state index contributed by atoms with van der Waals surface area (Å²) in [5.74, 6) is 3.10. The molecule has 5 heteroatoms. The molecule has 5 nitrogen and oxygen atoms in total. The van der Waals surface area contributed by atoms with Crippen molar-refractivity contribution in [3.63, 3.8) is 0 Å². The van der Waals surface area contributed by atoms with Gasteiger partial charge >= 0.3 is 0 Å². The molecule has 2 amide bonds. The van der Waals surface area contributed by atoms with Crippen molar-refractivity contribution in [3.8, 4) is 11.5 Å². The molecule has 0 unspecified atom stereocenters. The average molecular weight is 353 g/mol. The normalized spacial score (nSPS) is 36.2. The van der Waals surface area contributed by atoms with Crippen molar-refractivity contribution in [1.82, 2.24) is 4.90 Å². The summed E-state index contributed by atoms with van der Waals surface area (Å²) in [6, 6.07) is 5.73. The number of allylic oxidation sites excluding steroid dienone is 2. The van der Waals surface area contributed by atoms with E-state index in [1.165, 1.54) is 11.3 Å². The first-order valence-electron chi connectivity index (χ1n) is 9.38. The van der Waals surface area contributed by atoms with Crippen LogP contribution < -0.4 is 9.47 Å². The van der Waals surface area contributed by atoms with Crippen molar-refractivity contribution in [3.05, 3.63) is 35.9 Å². The van der Waals surface area contributed by atoms with Crippen LogP contribution in [0.3, 0.4) is 0 Å². The van der Waals surface area contributed by atoms with Crippen LogP contribution in [0.15, 0.2) is 30.4 Å². The van der Waals surface area contributed by atoms with Gasteiger partial charge in [0.15, 0.2) is 11.5 Å². The van der Waals surface area contributed by atoms with Crippen molar-refractivity contribution < 1.29 is 19.1 Å². The van der Waals surface area contributed by atoms with E-state index in [0.717, 1.165) is 5.56 Å². The maximum Gasteiger partial charge on any atom is 0.233 e. The highest BCUT2D eigenvalue weighted by molar-refractivity contribution is 6.06. The monoisotopic (exact) mass is 353 g/mol. The summed E-state index contributed by atoms with van der Waals surface area (Å²) >= 11 is 0. The zero-order valence-corrected chi connectivity index (χ0v) is 15.1. The summed E-state index contributed by atoms with van der Waals surface area (Å²) in [6.45, 7) is 0.439. The zero-order valence-electron chi connectivity index (χ0n) is 15.1. The Morgan fingerprint density at radius 2 is 1.58 bits per heavy atom. The van der Waals surface area contributed by atoms with E-state index < -0.39 is 0 Å². The van der Waals surface area contributed by atoms with Crippen molar-refractivity contribution >= 4 is 11.8 Å². The zero-order chi connectivity index (χ0) is 18.0. The summed E-state index contributed by atoms with van der Waals surface area (Å²) in [6.07, 6.45) is 6.25. The Labute approximate surface area is 153 Å². The summed E-state index contributed by atoms with van der Waals surface area (Å²) < 4.78 is 10.6. The van der Waals surface area contributed by atoms with Crippen LogP contribution in [0.5, 0.6) is 11.5 Å². The third kappa shape index (κ3) is 2.09. The van der Waals surface area contributed by atoms with Crippen molar-refractivity contribution in [1.29, 1.82) is 0 Å². The minimum Gasteiger partial charge on any atom is -0.493 e. The minimum absolute atomic E-state index is 0.0465. The number of carbonyl (C=O) groups excluding carboxylic acids is 2. The molecule has 2 bridgehead atoms. The van der Waals surface area contributed by atoms with Gasteiger partial charge in [-0.25, -0.2) is 0 Å². The lowest BCUT2D eigenvalue weighted by Gasteiger charge is -2.37. The van der Waals surface area contributed by atoms with Gasteiger partial charge in [0.2, 0.25) is 11.8 Å². The Hall–Kier alpha value is -2.30. The number of ether oxygens (including phenoxy) is 2. The number of rotatable bonds is 5. The summed E-state index contributed by atoms with van der Waals surface area (Å²) in [7, 11) is 3.21. The Morgan fingerprint density at radius 1 is 0.962 bits per heavy atom. The molecule has 3 fully saturated rings. The molecule has 136 valence electrons. The van der Waals surface area contributed by atoms with Gasteiger partial charge in [-0.05, 0) is 54.2 Å². The van der Waals surface area contributed by atoms with E-state index in [1.807, 2.05) is 18.2 Å². The molecule has 0 N–H and O–H groups in total. The fraction of sp³-hybridized carbons (Fsp3) is 0.524. The van der Waals surface area contributed by atoms with Crippen molar-refractivity contribution in [2.24, 2.45) is 35.5 Å². The Morgan fingerprint density at radius 3 is 2.15 bits per heavy atom. The second-order valence-electron chi connectivity index (χ2n) is 7.92. The van der Waals surface area contributed by atoms with E-state index in [4.69, 9.17) is 9.47 Å². The minimum atomic E-state index is -0.105. The largest absolute Gasteiger partial charge is 0.493 e. The van der Waals surface area contributed by atoms with Crippen LogP contribution in [-0.4, -0.2) is 37.5 Å². The van der Waals surface area contributed by atoms with Gasteiger partial charge in [0, 0.05) is 6.54 Å². The van der Waals surface area contributed by atoms with Gasteiger partial charge in [0.1, 0.15) is 0 Å². The highest BCUT2D eigenvalue weighted by Gasteiger charge is 2.66. The third-order valence-electron chi connectivity index (χ3n) is 6.83. The molecule has 6 atom stereocenters. The fourth-order valence-corrected chi connectivity index (χ4v) is 5.52. The smallest absolute Gasteiger partial charge is 0.233 e. The first-order chi connectivity index (χ1) is 12.6. The standard InChI is InChI=1S/C21H23NO4/c1-25-16-6-3-11(9-17(16)26-2)7-8-22-20(23)18-12-4-5-13(15-10-14(12)15)19(18)21(22)24/h3-6,9,12-15,18-19H,7-8,10H2,1-2H3/t12-,13+,14-,15-,18+,19+/m1/s1. The molecule has 1 aromatic rings. The van der Waals surface area contributed by atoms with E-state index in [1.54, 1.807) is 14.2 Å². The number of likely N-dealkylation sites (tertiary alicyclic amines) is 1. The molecule has 0 aromatic heterocycles. The number of amides is 2. The van der Waals surface area contributed by atoms with Gasteiger partial charge in [-0.1, -0.05) is 18.2 Å². The maximum atomic E-state index is 13.0. The van der Waals surface area contributed by atoms with Gasteiger partial charge < -0.3 is 9.47 Å². The van der Waals surface area contributed by atoms with Crippen molar-refractivity contribution in [2.45, 2.75) is 12.8 Å². The lowest BCUT2D eigenvalue weighted by molar-refractivity contribution is -0.140. The van der Waals surface area contributed by atoms with Crippen LogP contribution in [0.4, 0.5) is 0 Å². The van der Waals surface area contributed by atoms with E-state index in [-0.39, 0.29) is 35.5 Å². The molecular weight excluding hydrogens is 330 g/mol. The maximum absolute atomic E-state index is 13.0. The van der Waals surface area contributed by atoms with Crippen LogP contribution >= 0.6 is 0 Å². The third-order valence-corrected chi connectivity index (χ3v) is 6.83. The number of carbonyl (C=O) groups is 2.